The maximum Gasteiger partial charge on any atom is 0.242 e. The summed E-state index contributed by atoms with van der Waals surface area (Å²) in [6.45, 7) is 2.27. The maximum atomic E-state index is 13.1. The number of hydrogen-bond donors (Lipinski definition) is 0. The molecular formula is C22H19ClN4O2S. The Morgan fingerprint density at radius 3 is 2.93 bits per heavy atom. The summed E-state index contributed by atoms with van der Waals surface area (Å²) in [6, 6.07) is 13.2. The van der Waals surface area contributed by atoms with Crippen molar-refractivity contribution < 1.29 is 9.21 Å². The third-order valence-electron chi connectivity index (χ3n) is 4.61. The number of benzene rings is 1. The zero-order valence-electron chi connectivity index (χ0n) is 16.2. The van der Waals surface area contributed by atoms with Gasteiger partial charge in [0.2, 0.25) is 5.91 Å². The lowest BCUT2D eigenvalue weighted by atomic mass is 10.1. The van der Waals surface area contributed by atoms with Gasteiger partial charge in [0.1, 0.15) is 5.76 Å². The minimum atomic E-state index is -0.300. The van der Waals surface area contributed by atoms with Crippen LogP contribution in [0.1, 0.15) is 22.5 Å². The van der Waals surface area contributed by atoms with Crippen LogP contribution in [0.5, 0.6) is 0 Å². The molecule has 0 saturated carbocycles. The zero-order valence-corrected chi connectivity index (χ0v) is 17.8. The molecule has 0 bridgehead atoms. The molecule has 4 rings (SSSR count). The third-order valence-corrected chi connectivity index (χ3v) is 6.18. The molecule has 152 valence electrons. The molecule has 1 aliphatic heterocycles. The van der Waals surface area contributed by atoms with Crippen LogP contribution in [0.25, 0.3) is 0 Å². The molecule has 1 amide bonds. The predicted octanol–water partition coefficient (Wildman–Crippen LogP) is 4.71. The molecular weight excluding hydrogens is 420 g/mol. The van der Waals surface area contributed by atoms with Crippen LogP contribution in [0, 0.1) is 6.92 Å². The Hall–Kier alpha value is -2.90. The van der Waals surface area contributed by atoms with E-state index in [1.54, 1.807) is 35.8 Å². The highest BCUT2D eigenvalue weighted by Crippen LogP contribution is 2.32. The van der Waals surface area contributed by atoms with Gasteiger partial charge in [0, 0.05) is 23.0 Å². The highest BCUT2D eigenvalue weighted by Gasteiger charge is 2.38. The summed E-state index contributed by atoms with van der Waals surface area (Å²) in [6.07, 6.45) is 7.15. The van der Waals surface area contributed by atoms with Crippen molar-refractivity contribution in [3.05, 3.63) is 88.6 Å². The van der Waals surface area contributed by atoms with Gasteiger partial charge in [-0.15, -0.1) is 5.10 Å². The topological polar surface area (TPSA) is 71.1 Å². The number of amidine groups is 1. The second-order valence-corrected chi connectivity index (χ2v) is 8.39. The van der Waals surface area contributed by atoms with E-state index >= 15 is 0 Å². The van der Waals surface area contributed by atoms with Gasteiger partial charge in [0.25, 0.3) is 0 Å². The van der Waals surface area contributed by atoms with Gasteiger partial charge in [-0.2, -0.15) is 5.10 Å². The monoisotopic (exact) mass is 438 g/mol. The summed E-state index contributed by atoms with van der Waals surface area (Å²) in [5.74, 6) is 0.662. The van der Waals surface area contributed by atoms with Crippen molar-refractivity contribution >= 4 is 40.7 Å². The molecule has 6 nitrogen and oxygen atoms in total. The van der Waals surface area contributed by atoms with Crippen LogP contribution in [-0.4, -0.2) is 32.4 Å². The summed E-state index contributed by atoms with van der Waals surface area (Å²) in [4.78, 5) is 18.8. The van der Waals surface area contributed by atoms with Crippen molar-refractivity contribution in [2.45, 2.75) is 25.1 Å². The summed E-state index contributed by atoms with van der Waals surface area (Å²) < 4.78 is 5.43. The zero-order chi connectivity index (χ0) is 20.9. The number of carbonyl (C=O) groups is 1. The quantitative estimate of drug-likeness (QED) is 0.412. The normalized spacial score (nSPS) is 18.1. The third kappa shape index (κ3) is 4.80. The van der Waals surface area contributed by atoms with Gasteiger partial charge < -0.3 is 4.42 Å². The number of aryl methyl sites for hydroxylation is 1. The van der Waals surface area contributed by atoms with E-state index in [2.05, 4.69) is 15.2 Å². The van der Waals surface area contributed by atoms with Crippen molar-refractivity contribution in [1.29, 1.82) is 0 Å². The van der Waals surface area contributed by atoms with E-state index in [0.29, 0.717) is 28.9 Å². The average molecular weight is 439 g/mol. The van der Waals surface area contributed by atoms with Gasteiger partial charge in [0.15, 0.2) is 5.17 Å². The molecule has 1 aromatic carbocycles. The molecule has 3 aromatic rings. The molecule has 1 unspecified atom stereocenters. The summed E-state index contributed by atoms with van der Waals surface area (Å²) in [7, 11) is 0. The Morgan fingerprint density at radius 2 is 2.20 bits per heavy atom. The Morgan fingerprint density at radius 1 is 1.30 bits per heavy atom. The molecule has 8 heteroatoms. The number of amides is 1. The first kappa shape index (κ1) is 20.4. The largest absolute Gasteiger partial charge is 0.467 e. The fourth-order valence-corrected chi connectivity index (χ4v) is 4.33. The first-order chi connectivity index (χ1) is 14.6. The highest BCUT2D eigenvalue weighted by molar-refractivity contribution is 8.15. The first-order valence-corrected chi connectivity index (χ1v) is 10.6. The SMILES string of the molecule is Cc1ccc(CC2S/C(=N/N=C/c3cccnc3)N(Cc3ccco3)C2=O)cc1Cl. The Labute approximate surface area is 183 Å². The van der Waals surface area contributed by atoms with Crippen LogP contribution in [-0.2, 0) is 17.8 Å². The lowest BCUT2D eigenvalue weighted by Crippen LogP contribution is -2.32. The lowest BCUT2D eigenvalue weighted by Gasteiger charge is -2.14. The van der Waals surface area contributed by atoms with Crippen LogP contribution in [0.3, 0.4) is 0 Å². The highest BCUT2D eigenvalue weighted by atomic mass is 35.5. The van der Waals surface area contributed by atoms with E-state index in [4.69, 9.17) is 16.0 Å². The van der Waals surface area contributed by atoms with Gasteiger partial charge in [-0.25, -0.2) is 0 Å². The summed E-state index contributed by atoms with van der Waals surface area (Å²) in [5.41, 5.74) is 2.85. The molecule has 1 aliphatic rings. The molecule has 1 saturated heterocycles. The number of carbonyl (C=O) groups excluding carboxylic acids is 1. The molecule has 0 radical (unpaired) electrons. The molecule has 2 aromatic heterocycles. The fraction of sp³-hybridized carbons (Fsp3) is 0.182. The van der Waals surface area contributed by atoms with Crippen molar-refractivity contribution in [3.63, 3.8) is 0 Å². The van der Waals surface area contributed by atoms with Crippen molar-refractivity contribution in [1.82, 2.24) is 9.88 Å². The van der Waals surface area contributed by atoms with E-state index in [1.165, 1.54) is 11.8 Å². The first-order valence-electron chi connectivity index (χ1n) is 9.36. The van der Waals surface area contributed by atoms with Crippen LogP contribution < -0.4 is 0 Å². The van der Waals surface area contributed by atoms with E-state index in [9.17, 15) is 4.79 Å². The number of hydrogen-bond acceptors (Lipinski definition) is 6. The minimum Gasteiger partial charge on any atom is -0.467 e. The molecule has 3 heterocycles. The van der Waals surface area contributed by atoms with Gasteiger partial charge in [-0.05, 0) is 48.7 Å². The lowest BCUT2D eigenvalue weighted by molar-refractivity contribution is -0.126. The number of aromatic nitrogens is 1. The van der Waals surface area contributed by atoms with Gasteiger partial charge in [0.05, 0.1) is 24.3 Å². The van der Waals surface area contributed by atoms with Crippen LogP contribution >= 0.6 is 23.4 Å². The molecule has 0 aliphatic carbocycles. The van der Waals surface area contributed by atoms with Crippen LogP contribution in [0.4, 0.5) is 0 Å². The van der Waals surface area contributed by atoms with E-state index < -0.39 is 0 Å². The second-order valence-electron chi connectivity index (χ2n) is 6.81. The predicted molar refractivity (Wildman–Crippen MR) is 120 cm³/mol. The number of halogens is 1. The molecule has 1 fully saturated rings. The Balaban J connectivity index is 1.56. The Bertz CT molecular complexity index is 1080. The number of rotatable bonds is 6. The van der Waals surface area contributed by atoms with Gasteiger partial charge >= 0.3 is 0 Å². The number of nitrogens with zero attached hydrogens (tertiary/aromatic N) is 4. The standard InChI is InChI=1S/C22H19ClN4O2S/c1-15-6-7-16(10-19(15)23)11-20-21(28)27(14-18-5-3-9-29-18)22(30-20)26-25-13-17-4-2-8-24-12-17/h2-10,12-13,20H,11,14H2,1H3/b25-13+,26-22+. The Kier molecular flexibility index (Phi) is 6.30. The van der Waals surface area contributed by atoms with Crippen molar-refractivity contribution in [2.75, 3.05) is 0 Å². The summed E-state index contributed by atoms with van der Waals surface area (Å²) in [5, 5.41) is 9.42. The van der Waals surface area contributed by atoms with Crippen molar-refractivity contribution in [3.8, 4) is 0 Å². The maximum absolute atomic E-state index is 13.1. The van der Waals surface area contributed by atoms with Crippen LogP contribution in [0.2, 0.25) is 5.02 Å². The smallest absolute Gasteiger partial charge is 0.242 e. The van der Waals surface area contributed by atoms with Gasteiger partial charge in [-0.1, -0.05) is 41.6 Å². The number of pyridine rings is 1. The number of furan rings is 1. The second kappa shape index (κ2) is 9.28. The molecule has 30 heavy (non-hydrogen) atoms. The minimum absolute atomic E-state index is 0.0246. The van der Waals surface area contributed by atoms with Gasteiger partial charge in [-0.3, -0.25) is 14.7 Å². The van der Waals surface area contributed by atoms with Crippen molar-refractivity contribution in [2.24, 2.45) is 10.2 Å². The molecule has 0 spiro atoms. The fourth-order valence-electron chi connectivity index (χ4n) is 2.99. The van der Waals surface area contributed by atoms with E-state index in [1.807, 2.05) is 43.3 Å². The van der Waals surface area contributed by atoms with E-state index in [0.717, 1.165) is 16.7 Å². The average Bonchev–Trinajstić information content (AvgIpc) is 3.36. The molecule has 0 N–H and O–H groups in total. The van der Waals surface area contributed by atoms with E-state index in [-0.39, 0.29) is 11.2 Å². The molecule has 1 atom stereocenters. The number of thioether (sulfide) groups is 1. The van der Waals surface area contributed by atoms with Crippen LogP contribution in [0.15, 0.2) is 75.7 Å². The summed E-state index contributed by atoms with van der Waals surface area (Å²) >= 11 is 7.65.